The van der Waals surface area contributed by atoms with Gasteiger partial charge in [0.25, 0.3) is 0 Å². The molecule has 2 aliphatic heterocycles. The zero-order chi connectivity index (χ0) is 23.1. The van der Waals surface area contributed by atoms with E-state index < -0.39 is 5.82 Å². The second-order valence-electron chi connectivity index (χ2n) is 7.99. The summed E-state index contributed by atoms with van der Waals surface area (Å²) in [6.45, 7) is 7.68. The number of hydrogen-bond donors (Lipinski definition) is 2. The van der Waals surface area contributed by atoms with Crippen LogP contribution >= 0.6 is 11.6 Å². The Morgan fingerprint density at radius 3 is 2.79 bits per heavy atom. The summed E-state index contributed by atoms with van der Waals surface area (Å²) in [7, 11) is 0. The minimum Gasteiger partial charge on any atom is -0.357 e. The maximum atomic E-state index is 16.1. The number of fused-ring (bicyclic) bond motifs is 2. The number of rotatable bonds is 2. The van der Waals surface area contributed by atoms with Gasteiger partial charge in [0.2, 0.25) is 5.91 Å². The Hall–Kier alpha value is -3.65. The van der Waals surface area contributed by atoms with Gasteiger partial charge in [-0.1, -0.05) is 24.2 Å². The number of H-pyrrole nitrogens is 1. The van der Waals surface area contributed by atoms with E-state index in [0.29, 0.717) is 59.4 Å². The summed E-state index contributed by atoms with van der Waals surface area (Å²) in [6.07, 6.45) is 6.21. The number of aliphatic imine (C=N–C) groups is 1. The molecular weight excluding hydrogens is 443 g/mol. The number of aryl methyl sites for hydroxylation is 1. The van der Waals surface area contributed by atoms with Crippen LogP contribution in [0.25, 0.3) is 22.0 Å². The normalized spacial score (nSPS) is 15.7. The molecule has 0 aliphatic carbocycles. The van der Waals surface area contributed by atoms with Gasteiger partial charge in [-0.2, -0.15) is 5.10 Å². The lowest BCUT2D eigenvalue weighted by molar-refractivity contribution is -0.127. The van der Waals surface area contributed by atoms with E-state index in [9.17, 15) is 4.79 Å². The summed E-state index contributed by atoms with van der Waals surface area (Å²) in [5.41, 5.74) is 3.62. The number of anilines is 1. The van der Waals surface area contributed by atoms with Crippen LogP contribution in [-0.2, 0) is 4.79 Å². The van der Waals surface area contributed by atoms with Crippen LogP contribution in [0.15, 0.2) is 54.4 Å². The highest BCUT2D eigenvalue weighted by Gasteiger charge is 2.29. The standard InChI is InChI=1S/C24H22ClFN6O/c1-3-19(33)31-8-10-32(11-9-31)24-15-12-17(25)21(22(26)23(15)27-6-7-28-24)20-14(2)4-5-18-16(20)13-29-30-18/h3-7,12-13,27H,1,8-11H2,2H3,(H,29,30). The van der Waals surface area contributed by atoms with Gasteiger partial charge in [-0.3, -0.25) is 9.89 Å². The maximum Gasteiger partial charge on any atom is 0.246 e. The predicted molar refractivity (Wildman–Crippen MR) is 129 cm³/mol. The van der Waals surface area contributed by atoms with Crippen LogP contribution in [0.5, 0.6) is 0 Å². The maximum absolute atomic E-state index is 16.1. The number of amides is 1. The number of benzene rings is 2. The third kappa shape index (κ3) is 3.56. The first-order valence-corrected chi connectivity index (χ1v) is 11.0. The Kier molecular flexibility index (Phi) is 5.38. The van der Waals surface area contributed by atoms with E-state index in [4.69, 9.17) is 11.6 Å². The van der Waals surface area contributed by atoms with Crippen LogP contribution in [0.2, 0.25) is 5.02 Å². The van der Waals surface area contributed by atoms with Crippen molar-refractivity contribution in [2.45, 2.75) is 6.92 Å². The molecule has 7 nitrogen and oxygen atoms in total. The van der Waals surface area contributed by atoms with Crippen molar-refractivity contribution in [2.75, 3.05) is 31.5 Å². The lowest BCUT2D eigenvalue weighted by Gasteiger charge is -2.36. The molecule has 3 aromatic rings. The van der Waals surface area contributed by atoms with E-state index in [2.05, 4.69) is 27.1 Å². The van der Waals surface area contributed by atoms with Crippen LogP contribution in [0.3, 0.4) is 0 Å². The largest absolute Gasteiger partial charge is 0.357 e. The number of carbonyl (C=O) groups is 1. The number of aromatic amines is 1. The molecule has 1 aromatic heterocycles. The highest BCUT2D eigenvalue weighted by Crippen LogP contribution is 2.42. The summed E-state index contributed by atoms with van der Waals surface area (Å²) < 4.78 is 16.1. The average molecular weight is 465 g/mol. The zero-order valence-electron chi connectivity index (χ0n) is 18.0. The molecule has 1 saturated heterocycles. The molecule has 3 heterocycles. The summed E-state index contributed by atoms with van der Waals surface area (Å²) in [4.78, 5) is 20.3. The van der Waals surface area contributed by atoms with Gasteiger partial charge in [-0.15, -0.1) is 0 Å². The molecule has 33 heavy (non-hydrogen) atoms. The van der Waals surface area contributed by atoms with Crippen LogP contribution in [0.4, 0.5) is 10.1 Å². The first-order valence-electron chi connectivity index (χ1n) is 10.6. The lowest BCUT2D eigenvalue weighted by Crippen LogP contribution is -2.50. The molecule has 168 valence electrons. The Morgan fingerprint density at radius 2 is 2.03 bits per heavy atom. The second-order valence-corrected chi connectivity index (χ2v) is 8.40. The van der Waals surface area contributed by atoms with Gasteiger partial charge < -0.3 is 15.1 Å². The first-order chi connectivity index (χ1) is 16.0. The quantitative estimate of drug-likeness (QED) is 0.554. The minimum absolute atomic E-state index is 0.0954. The molecular formula is C24H22ClFN6O. The van der Waals surface area contributed by atoms with Gasteiger partial charge in [-0.05, 0) is 30.7 Å². The van der Waals surface area contributed by atoms with Gasteiger partial charge in [0, 0.05) is 60.7 Å². The number of carbonyl (C=O) groups excluding carboxylic acids is 1. The average Bonchev–Trinajstić information content (AvgIpc) is 3.20. The van der Waals surface area contributed by atoms with E-state index in [-0.39, 0.29) is 5.91 Å². The molecule has 0 bridgehead atoms. The molecule has 0 unspecified atom stereocenters. The van der Waals surface area contributed by atoms with Gasteiger partial charge >= 0.3 is 0 Å². The Morgan fingerprint density at radius 1 is 1.24 bits per heavy atom. The molecule has 1 fully saturated rings. The number of amidine groups is 1. The van der Waals surface area contributed by atoms with Crippen molar-refractivity contribution in [1.82, 2.24) is 20.0 Å². The van der Waals surface area contributed by atoms with Gasteiger partial charge in [0.15, 0.2) is 5.82 Å². The predicted octanol–water partition coefficient (Wildman–Crippen LogP) is 4.30. The van der Waals surface area contributed by atoms with Gasteiger partial charge in [-0.25, -0.2) is 9.38 Å². The summed E-state index contributed by atoms with van der Waals surface area (Å²) in [5.74, 6) is 0.0681. The van der Waals surface area contributed by atoms with E-state index in [1.165, 1.54) is 6.08 Å². The SMILES string of the molecule is C=CC(=O)N1CCN(C2=NC=CNc3c2cc(Cl)c(-c2c(C)ccc4[nH]ncc24)c3F)CC1. The minimum atomic E-state index is -0.450. The van der Waals surface area contributed by atoms with E-state index in [1.54, 1.807) is 29.6 Å². The van der Waals surface area contributed by atoms with Crippen molar-refractivity contribution in [2.24, 2.45) is 4.99 Å². The monoisotopic (exact) mass is 464 g/mol. The van der Waals surface area contributed by atoms with Crippen molar-refractivity contribution >= 4 is 39.9 Å². The summed E-state index contributed by atoms with van der Waals surface area (Å²) in [5, 5.41) is 11.2. The van der Waals surface area contributed by atoms with Crippen molar-refractivity contribution < 1.29 is 9.18 Å². The van der Waals surface area contributed by atoms with Crippen LogP contribution in [-0.4, -0.2) is 57.9 Å². The molecule has 2 aromatic carbocycles. The Labute approximate surface area is 195 Å². The number of hydrogen-bond acceptors (Lipinski definition) is 5. The molecule has 0 radical (unpaired) electrons. The van der Waals surface area contributed by atoms with Gasteiger partial charge in [0.1, 0.15) is 5.84 Å². The highest BCUT2D eigenvalue weighted by atomic mass is 35.5. The molecule has 2 N–H and O–H groups in total. The Bertz CT molecular complexity index is 1340. The van der Waals surface area contributed by atoms with Crippen LogP contribution in [0, 0.1) is 12.7 Å². The molecule has 9 heteroatoms. The molecule has 5 rings (SSSR count). The Balaban J connectivity index is 1.59. The molecule has 1 amide bonds. The van der Waals surface area contributed by atoms with Crippen molar-refractivity contribution in [3.63, 3.8) is 0 Å². The second kappa shape index (κ2) is 8.37. The van der Waals surface area contributed by atoms with Crippen molar-refractivity contribution in [3.8, 4) is 11.1 Å². The van der Waals surface area contributed by atoms with Crippen molar-refractivity contribution in [1.29, 1.82) is 0 Å². The van der Waals surface area contributed by atoms with E-state index in [0.717, 1.165) is 16.5 Å². The fourth-order valence-corrected chi connectivity index (χ4v) is 4.73. The molecule has 0 spiro atoms. The number of nitrogens with zero attached hydrogens (tertiary/aromatic N) is 4. The molecule has 2 aliphatic rings. The fourth-order valence-electron chi connectivity index (χ4n) is 4.44. The molecule has 0 saturated carbocycles. The number of halogens is 2. The number of aromatic nitrogens is 2. The third-order valence-corrected chi connectivity index (χ3v) is 6.40. The highest BCUT2D eigenvalue weighted by molar-refractivity contribution is 6.34. The number of piperazine rings is 1. The summed E-state index contributed by atoms with van der Waals surface area (Å²) in [6, 6.07) is 5.59. The topological polar surface area (TPSA) is 76.6 Å². The fraction of sp³-hybridized carbons (Fsp3) is 0.208. The zero-order valence-corrected chi connectivity index (χ0v) is 18.8. The lowest BCUT2D eigenvalue weighted by atomic mass is 9.94. The third-order valence-electron chi connectivity index (χ3n) is 6.11. The number of nitrogens with one attached hydrogen (secondary N) is 2. The van der Waals surface area contributed by atoms with Crippen LogP contribution < -0.4 is 5.32 Å². The van der Waals surface area contributed by atoms with Crippen LogP contribution in [0.1, 0.15) is 11.1 Å². The van der Waals surface area contributed by atoms with Gasteiger partial charge in [0.05, 0.1) is 22.4 Å². The molecule has 0 atom stereocenters. The summed E-state index contributed by atoms with van der Waals surface area (Å²) >= 11 is 6.73. The smallest absolute Gasteiger partial charge is 0.246 e. The van der Waals surface area contributed by atoms with Crippen molar-refractivity contribution in [3.05, 3.63) is 71.4 Å². The van der Waals surface area contributed by atoms with E-state index in [1.807, 2.05) is 24.0 Å². The first kappa shape index (κ1) is 21.2. The van der Waals surface area contributed by atoms with E-state index >= 15 is 4.39 Å².